The molecule has 1 saturated carbocycles. The maximum atomic E-state index is 15.0. The summed E-state index contributed by atoms with van der Waals surface area (Å²) >= 11 is 0. The van der Waals surface area contributed by atoms with Crippen molar-refractivity contribution < 1.29 is 17.9 Å². The zero-order chi connectivity index (χ0) is 24.1. The number of aryl methyl sites for hydroxylation is 1. The van der Waals surface area contributed by atoms with Gasteiger partial charge in [-0.1, -0.05) is 43.7 Å². The van der Waals surface area contributed by atoms with Crippen LogP contribution in [0, 0.1) is 11.7 Å². The van der Waals surface area contributed by atoms with E-state index in [-0.39, 0.29) is 11.7 Å². The van der Waals surface area contributed by atoms with Gasteiger partial charge in [-0.2, -0.15) is 0 Å². The van der Waals surface area contributed by atoms with Crippen molar-refractivity contribution in [2.24, 2.45) is 5.92 Å². The van der Waals surface area contributed by atoms with Crippen molar-refractivity contribution in [3.8, 4) is 17.1 Å². The first-order valence-electron chi connectivity index (χ1n) is 12.0. The number of nitrogens with zero attached hydrogens (tertiary/aromatic N) is 2. The Morgan fingerprint density at radius 3 is 2.21 bits per heavy atom. The van der Waals surface area contributed by atoms with Gasteiger partial charge in [-0.25, -0.2) is 23.1 Å². The van der Waals surface area contributed by atoms with Crippen molar-refractivity contribution in [2.45, 2.75) is 63.7 Å². The van der Waals surface area contributed by atoms with Gasteiger partial charge in [0.25, 0.3) is 5.92 Å². The van der Waals surface area contributed by atoms with Crippen LogP contribution in [0.4, 0.5) is 13.2 Å². The highest BCUT2D eigenvalue weighted by atomic mass is 19.3. The normalized spacial score (nSPS) is 18.6. The molecule has 0 radical (unpaired) electrons. The van der Waals surface area contributed by atoms with Gasteiger partial charge in [-0.3, -0.25) is 0 Å². The summed E-state index contributed by atoms with van der Waals surface area (Å²) in [4.78, 5) is 8.94. The van der Waals surface area contributed by atoms with E-state index in [1.165, 1.54) is 24.8 Å². The molecule has 1 heterocycles. The van der Waals surface area contributed by atoms with E-state index in [1.807, 2.05) is 24.5 Å². The molecule has 3 nitrogen and oxygen atoms in total. The first-order chi connectivity index (χ1) is 16.4. The standard InChI is InChI=1S/C28H31F3N2O/c1-3-4-20-17-32-27(33-18-20)23-8-6-21(7-9-23)22-10-12-24(13-11-22)28(30,31)16-19-5-14-26(34-2)25(29)15-19/h5-9,14-15,17-18,22,24H,3-4,10-13,16H2,1-2H3. The summed E-state index contributed by atoms with van der Waals surface area (Å²) in [5.74, 6) is -3.12. The van der Waals surface area contributed by atoms with Gasteiger partial charge in [0, 0.05) is 30.3 Å². The van der Waals surface area contributed by atoms with Crippen molar-refractivity contribution >= 4 is 0 Å². The average molecular weight is 469 g/mol. The molecule has 1 aliphatic rings. The molecular formula is C28H31F3N2O. The summed E-state index contributed by atoms with van der Waals surface area (Å²) in [5, 5.41) is 0. The van der Waals surface area contributed by atoms with Crippen LogP contribution >= 0.6 is 0 Å². The van der Waals surface area contributed by atoms with Crippen LogP contribution in [0.25, 0.3) is 11.4 Å². The van der Waals surface area contributed by atoms with Crippen LogP contribution in [0.2, 0.25) is 0 Å². The molecule has 0 saturated heterocycles. The first kappa shape index (κ1) is 24.2. The molecule has 1 aromatic heterocycles. The Hall–Kier alpha value is -2.89. The van der Waals surface area contributed by atoms with E-state index in [4.69, 9.17) is 4.74 Å². The number of methoxy groups -OCH3 is 1. The fourth-order valence-corrected chi connectivity index (χ4v) is 4.91. The zero-order valence-corrected chi connectivity index (χ0v) is 19.7. The Bertz CT molecular complexity index is 1080. The third-order valence-electron chi connectivity index (χ3n) is 6.86. The van der Waals surface area contributed by atoms with Crippen LogP contribution in [0.15, 0.2) is 54.9 Å². The second kappa shape index (κ2) is 10.6. The van der Waals surface area contributed by atoms with Crippen molar-refractivity contribution in [3.63, 3.8) is 0 Å². The molecule has 0 aliphatic heterocycles. The molecular weight excluding hydrogens is 437 g/mol. The number of ether oxygens (including phenoxy) is 1. The van der Waals surface area contributed by atoms with Gasteiger partial charge in [-0.15, -0.1) is 0 Å². The van der Waals surface area contributed by atoms with E-state index in [1.54, 1.807) is 0 Å². The number of aromatic nitrogens is 2. The molecule has 0 amide bonds. The number of hydrogen-bond acceptors (Lipinski definition) is 3. The summed E-state index contributed by atoms with van der Waals surface area (Å²) in [5.41, 5.74) is 3.56. The number of benzene rings is 2. The fraction of sp³-hybridized carbons (Fsp3) is 0.429. The minimum atomic E-state index is -2.86. The second-order valence-corrected chi connectivity index (χ2v) is 9.24. The molecule has 0 bridgehead atoms. The minimum Gasteiger partial charge on any atom is -0.494 e. The van der Waals surface area contributed by atoms with Crippen LogP contribution in [0.3, 0.4) is 0 Å². The van der Waals surface area contributed by atoms with E-state index in [9.17, 15) is 13.2 Å². The maximum Gasteiger partial charge on any atom is 0.254 e. The van der Waals surface area contributed by atoms with E-state index >= 15 is 0 Å². The molecule has 0 atom stereocenters. The quantitative estimate of drug-likeness (QED) is 0.346. The Labute approximate surface area is 199 Å². The molecule has 180 valence electrons. The smallest absolute Gasteiger partial charge is 0.254 e. The summed E-state index contributed by atoms with van der Waals surface area (Å²) in [6.07, 6.45) is 7.69. The van der Waals surface area contributed by atoms with E-state index < -0.39 is 24.1 Å². The molecule has 0 unspecified atom stereocenters. The maximum absolute atomic E-state index is 15.0. The van der Waals surface area contributed by atoms with Crippen LogP contribution in [-0.4, -0.2) is 23.0 Å². The largest absolute Gasteiger partial charge is 0.494 e. The highest BCUT2D eigenvalue weighted by molar-refractivity contribution is 5.55. The van der Waals surface area contributed by atoms with Gasteiger partial charge >= 0.3 is 0 Å². The Morgan fingerprint density at radius 1 is 0.941 bits per heavy atom. The number of halogens is 3. The monoisotopic (exact) mass is 468 g/mol. The topological polar surface area (TPSA) is 35.0 Å². The molecule has 3 aromatic rings. The predicted octanol–water partition coefficient (Wildman–Crippen LogP) is 7.40. The van der Waals surface area contributed by atoms with Crippen LogP contribution in [0.1, 0.15) is 61.6 Å². The van der Waals surface area contributed by atoms with Crippen LogP contribution < -0.4 is 4.74 Å². The molecule has 0 N–H and O–H groups in total. The highest BCUT2D eigenvalue weighted by Gasteiger charge is 2.41. The number of hydrogen-bond donors (Lipinski definition) is 0. The van der Waals surface area contributed by atoms with Crippen molar-refractivity contribution in [1.29, 1.82) is 0 Å². The van der Waals surface area contributed by atoms with Crippen LogP contribution in [-0.2, 0) is 12.8 Å². The number of alkyl halides is 2. The van der Waals surface area contributed by atoms with Crippen molar-refractivity contribution in [3.05, 3.63) is 77.4 Å². The van der Waals surface area contributed by atoms with Crippen molar-refractivity contribution in [1.82, 2.24) is 9.97 Å². The molecule has 6 heteroatoms. The molecule has 1 fully saturated rings. The molecule has 1 aliphatic carbocycles. The molecule has 2 aromatic carbocycles. The fourth-order valence-electron chi connectivity index (χ4n) is 4.91. The third-order valence-corrected chi connectivity index (χ3v) is 6.86. The lowest BCUT2D eigenvalue weighted by Gasteiger charge is -2.34. The Morgan fingerprint density at radius 2 is 1.62 bits per heavy atom. The van der Waals surface area contributed by atoms with Gasteiger partial charge < -0.3 is 4.74 Å². The van der Waals surface area contributed by atoms with E-state index in [0.717, 1.165) is 42.9 Å². The van der Waals surface area contributed by atoms with Crippen LogP contribution in [0.5, 0.6) is 5.75 Å². The lowest BCUT2D eigenvalue weighted by Crippen LogP contribution is -2.33. The summed E-state index contributed by atoms with van der Waals surface area (Å²) in [6.45, 7) is 2.13. The summed E-state index contributed by atoms with van der Waals surface area (Å²) in [7, 11) is 1.36. The van der Waals surface area contributed by atoms with Gasteiger partial charge in [0.15, 0.2) is 17.4 Å². The minimum absolute atomic E-state index is 0.0682. The zero-order valence-electron chi connectivity index (χ0n) is 19.7. The molecule has 34 heavy (non-hydrogen) atoms. The first-order valence-corrected chi connectivity index (χ1v) is 12.0. The van der Waals surface area contributed by atoms with Crippen molar-refractivity contribution in [2.75, 3.05) is 7.11 Å². The second-order valence-electron chi connectivity index (χ2n) is 9.24. The predicted molar refractivity (Wildman–Crippen MR) is 128 cm³/mol. The van der Waals surface area contributed by atoms with Gasteiger partial charge in [0.1, 0.15) is 0 Å². The van der Waals surface area contributed by atoms with E-state index in [0.29, 0.717) is 24.2 Å². The average Bonchev–Trinajstić information content (AvgIpc) is 2.85. The highest BCUT2D eigenvalue weighted by Crippen LogP contribution is 2.44. The lowest BCUT2D eigenvalue weighted by atomic mass is 9.75. The lowest BCUT2D eigenvalue weighted by molar-refractivity contribution is -0.0715. The Balaban J connectivity index is 1.35. The van der Waals surface area contributed by atoms with Gasteiger partial charge in [-0.05, 0) is 66.8 Å². The molecule has 0 spiro atoms. The van der Waals surface area contributed by atoms with E-state index in [2.05, 4.69) is 29.0 Å². The molecule has 4 rings (SSSR count). The summed E-state index contributed by atoms with van der Waals surface area (Å²) in [6, 6.07) is 12.3. The SMILES string of the molecule is CCCc1cnc(-c2ccc(C3CCC(C(F)(F)Cc4ccc(OC)c(F)c4)CC3)cc2)nc1. The Kier molecular flexibility index (Phi) is 7.54. The van der Waals surface area contributed by atoms with Gasteiger partial charge in [0.05, 0.1) is 7.11 Å². The van der Waals surface area contributed by atoms with Gasteiger partial charge in [0.2, 0.25) is 0 Å². The number of rotatable bonds is 8. The summed E-state index contributed by atoms with van der Waals surface area (Å²) < 4.78 is 48.8. The third kappa shape index (κ3) is 5.60.